The summed E-state index contributed by atoms with van der Waals surface area (Å²) < 4.78 is 12.0. The quantitative estimate of drug-likeness (QED) is 0.159. The third-order valence-corrected chi connectivity index (χ3v) is 10.8. The number of hydrogen-bond donors (Lipinski definition) is 4. The third kappa shape index (κ3) is 11.5. The van der Waals surface area contributed by atoms with Gasteiger partial charge in [-0.2, -0.15) is 0 Å². The molecule has 0 spiro atoms. The first-order valence-corrected chi connectivity index (χ1v) is 18.7. The van der Waals surface area contributed by atoms with E-state index in [1.165, 1.54) is 0 Å². The molecule has 1 saturated heterocycles. The Balaban J connectivity index is 2.25. The first-order valence-electron chi connectivity index (χ1n) is 18.7. The average molecular weight is 718 g/mol. The lowest BCUT2D eigenvalue weighted by molar-refractivity contribution is -0.144. The molecule has 4 amide bonds. The number of ether oxygens (including phenoxy) is 2. The Kier molecular flexibility index (Phi) is 18.2. The maximum absolute atomic E-state index is 14.2. The topological polar surface area (TPSA) is 150 Å². The Morgan fingerprint density at radius 3 is 2.08 bits per heavy atom. The molecule has 290 valence electrons. The van der Waals surface area contributed by atoms with Crippen LogP contribution in [0.15, 0.2) is 30.3 Å². The zero-order valence-corrected chi connectivity index (χ0v) is 33.1. The molecule has 12 nitrogen and oxygen atoms in total. The molecule has 1 heterocycles. The average Bonchev–Trinajstić information content (AvgIpc) is 3.57. The number of aliphatic hydroxyl groups excluding tert-OH is 1. The number of methoxy groups -OCH3 is 2. The number of aliphatic hydroxyl groups is 1. The van der Waals surface area contributed by atoms with Gasteiger partial charge in [0.15, 0.2) is 0 Å². The first-order chi connectivity index (χ1) is 24.0. The SMILES string of the molecule is CC[C@H](C)[C@@H]([C@@H](CC(=O)N1CCC[C@H]1[C@@H](OC)[C@@H](C)C(=O)N[C@H](C)[C@@H](O)c1ccccc1)OC)N(C)[C@H](C(=O)NC(=O)[C@@H](NC)C(C)C)C(C)C. The predicted octanol–water partition coefficient (Wildman–Crippen LogP) is 3.53. The van der Waals surface area contributed by atoms with Crippen LogP contribution < -0.4 is 16.0 Å². The van der Waals surface area contributed by atoms with Crippen molar-refractivity contribution < 1.29 is 33.8 Å². The highest BCUT2D eigenvalue weighted by atomic mass is 16.5. The summed E-state index contributed by atoms with van der Waals surface area (Å²) in [5.41, 5.74) is 0.713. The van der Waals surface area contributed by atoms with Gasteiger partial charge in [-0.05, 0) is 57.2 Å². The second-order valence-electron chi connectivity index (χ2n) is 15.0. The van der Waals surface area contributed by atoms with Crippen LogP contribution in [0.1, 0.15) is 92.7 Å². The van der Waals surface area contributed by atoms with Gasteiger partial charge in [-0.15, -0.1) is 0 Å². The lowest BCUT2D eigenvalue weighted by Crippen LogP contribution is -2.60. The van der Waals surface area contributed by atoms with E-state index in [-0.39, 0.29) is 59.9 Å². The molecule has 0 bridgehead atoms. The van der Waals surface area contributed by atoms with E-state index >= 15 is 0 Å². The fourth-order valence-corrected chi connectivity index (χ4v) is 7.75. The second kappa shape index (κ2) is 21.0. The van der Waals surface area contributed by atoms with Crippen LogP contribution in [-0.4, -0.2) is 116 Å². The third-order valence-electron chi connectivity index (χ3n) is 10.8. The molecule has 1 aliphatic rings. The van der Waals surface area contributed by atoms with Gasteiger partial charge in [-0.1, -0.05) is 85.2 Å². The highest BCUT2D eigenvalue weighted by Crippen LogP contribution is 2.30. The van der Waals surface area contributed by atoms with Crippen LogP contribution in [0.4, 0.5) is 0 Å². The first kappa shape index (κ1) is 44.3. The second-order valence-corrected chi connectivity index (χ2v) is 15.0. The summed E-state index contributed by atoms with van der Waals surface area (Å²) in [4.78, 5) is 58.1. The number of likely N-dealkylation sites (N-methyl/N-ethyl adjacent to an activating group) is 2. The van der Waals surface area contributed by atoms with Crippen LogP contribution in [-0.2, 0) is 28.7 Å². The lowest BCUT2D eigenvalue weighted by Gasteiger charge is -2.43. The van der Waals surface area contributed by atoms with Gasteiger partial charge in [0.05, 0.1) is 54.8 Å². The lowest BCUT2D eigenvalue weighted by atomic mass is 9.87. The summed E-state index contributed by atoms with van der Waals surface area (Å²) in [6.45, 7) is 16.0. The summed E-state index contributed by atoms with van der Waals surface area (Å²) in [6.07, 6.45) is 0.326. The van der Waals surface area contributed by atoms with Crippen LogP contribution >= 0.6 is 0 Å². The van der Waals surface area contributed by atoms with Crippen LogP contribution in [0.5, 0.6) is 0 Å². The highest BCUT2D eigenvalue weighted by molar-refractivity contribution is 6.00. The Morgan fingerprint density at radius 2 is 1.57 bits per heavy atom. The Bertz CT molecular complexity index is 1250. The molecule has 0 aliphatic carbocycles. The molecule has 10 atom stereocenters. The van der Waals surface area contributed by atoms with Crippen molar-refractivity contribution in [2.45, 2.75) is 130 Å². The molecule has 1 aromatic rings. The van der Waals surface area contributed by atoms with E-state index in [4.69, 9.17) is 9.47 Å². The number of carbonyl (C=O) groups excluding carboxylic acids is 4. The van der Waals surface area contributed by atoms with Crippen LogP contribution in [0.25, 0.3) is 0 Å². The molecule has 0 saturated carbocycles. The maximum Gasteiger partial charge on any atom is 0.244 e. The molecule has 0 radical (unpaired) electrons. The van der Waals surface area contributed by atoms with Crippen molar-refractivity contribution in [3.63, 3.8) is 0 Å². The molecule has 51 heavy (non-hydrogen) atoms. The number of benzene rings is 1. The van der Waals surface area contributed by atoms with E-state index in [0.29, 0.717) is 18.5 Å². The zero-order chi connectivity index (χ0) is 38.6. The van der Waals surface area contributed by atoms with Gasteiger partial charge in [-0.25, -0.2) is 0 Å². The van der Waals surface area contributed by atoms with Gasteiger partial charge in [0, 0.05) is 26.8 Å². The normalized spacial score (nSPS) is 20.3. The molecule has 1 fully saturated rings. The van der Waals surface area contributed by atoms with E-state index in [1.54, 1.807) is 35.1 Å². The van der Waals surface area contributed by atoms with Crippen molar-refractivity contribution in [2.24, 2.45) is 23.7 Å². The maximum atomic E-state index is 14.2. The van der Waals surface area contributed by atoms with E-state index in [0.717, 1.165) is 12.8 Å². The number of nitrogens with zero attached hydrogens (tertiary/aromatic N) is 2. The van der Waals surface area contributed by atoms with Crippen molar-refractivity contribution in [1.29, 1.82) is 0 Å². The largest absolute Gasteiger partial charge is 0.386 e. The monoisotopic (exact) mass is 718 g/mol. The molecule has 1 aliphatic heterocycles. The minimum atomic E-state index is -0.873. The molecular weight excluding hydrogens is 650 g/mol. The molecule has 4 N–H and O–H groups in total. The van der Waals surface area contributed by atoms with Crippen molar-refractivity contribution >= 4 is 23.6 Å². The van der Waals surface area contributed by atoms with Crippen LogP contribution in [0, 0.1) is 23.7 Å². The minimum Gasteiger partial charge on any atom is -0.386 e. The zero-order valence-electron chi connectivity index (χ0n) is 33.1. The summed E-state index contributed by atoms with van der Waals surface area (Å²) >= 11 is 0. The van der Waals surface area contributed by atoms with Gasteiger partial charge < -0.3 is 30.1 Å². The van der Waals surface area contributed by atoms with Crippen molar-refractivity contribution in [1.82, 2.24) is 25.8 Å². The smallest absolute Gasteiger partial charge is 0.244 e. The molecular formula is C39H67N5O7. The van der Waals surface area contributed by atoms with Gasteiger partial charge >= 0.3 is 0 Å². The van der Waals surface area contributed by atoms with Gasteiger partial charge in [0.2, 0.25) is 23.6 Å². The fourth-order valence-electron chi connectivity index (χ4n) is 7.75. The van der Waals surface area contributed by atoms with E-state index < -0.39 is 42.4 Å². The highest BCUT2D eigenvalue weighted by Gasteiger charge is 2.43. The van der Waals surface area contributed by atoms with Gasteiger partial charge in [0.25, 0.3) is 0 Å². The van der Waals surface area contributed by atoms with Gasteiger partial charge in [-0.3, -0.25) is 29.4 Å². The number of imide groups is 1. The summed E-state index contributed by atoms with van der Waals surface area (Å²) in [5.74, 6) is -1.80. The number of nitrogens with one attached hydrogen (secondary N) is 3. The number of carbonyl (C=O) groups is 4. The van der Waals surface area contributed by atoms with E-state index in [9.17, 15) is 24.3 Å². The van der Waals surface area contributed by atoms with Gasteiger partial charge in [0.1, 0.15) is 0 Å². The molecule has 1 aromatic carbocycles. The Hall–Kier alpha value is -2.90. The number of likely N-dealkylation sites (tertiary alicyclic amines) is 1. The number of rotatable bonds is 20. The van der Waals surface area contributed by atoms with Crippen molar-refractivity contribution in [3.05, 3.63) is 35.9 Å². The molecule has 2 rings (SSSR count). The van der Waals surface area contributed by atoms with E-state index in [1.807, 2.05) is 74.9 Å². The van der Waals surface area contributed by atoms with Crippen molar-refractivity contribution in [3.8, 4) is 0 Å². The van der Waals surface area contributed by atoms with Crippen LogP contribution in [0.2, 0.25) is 0 Å². The molecule has 12 heteroatoms. The number of amides is 4. The van der Waals surface area contributed by atoms with Crippen molar-refractivity contribution in [2.75, 3.05) is 34.9 Å². The summed E-state index contributed by atoms with van der Waals surface area (Å²) in [7, 11) is 6.72. The Labute approximate surface area is 306 Å². The summed E-state index contributed by atoms with van der Waals surface area (Å²) in [6, 6.07) is 6.86. The fraction of sp³-hybridized carbons (Fsp3) is 0.744. The summed E-state index contributed by atoms with van der Waals surface area (Å²) in [5, 5.41) is 19.4. The minimum absolute atomic E-state index is 0.00429. The predicted molar refractivity (Wildman–Crippen MR) is 200 cm³/mol. The van der Waals surface area contributed by atoms with Crippen LogP contribution in [0.3, 0.4) is 0 Å². The molecule has 0 unspecified atom stereocenters. The standard InChI is InChI=1S/C39H67N5O7/c1-13-25(6)34(43(10)33(24(4)5)39(49)42-38(48)32(40-9)23(2)3)30(50-11)22-31(45)44-21-17-20-29(44)36(51-12)26(7)37(47)41-27(8)35(46)28-18-15-14-16-19-28/h14-16,18-19,23-27,29-30,32-36,40,46H,13,17,20-22H2,1-12H3,(H,41,47)(H,42,48,49)/t25-,26+,27+,29-,30+,32-,33-,34-,35+,36-/m0/s1. The van der Waals surface area contributed by atoms with E-state index in [2.05, 4.69) is 29.8 Å². The molecule has 0 aromatic heterocycles. The Morgan fingerprint density at radius 1 is 0.941 bits per heavy atom. The number of hydrogen-bond acceptors (Lipinski definition) is 9.